The van der Waals surface area contributed by atoms with Crippen LogP contribution in [0.15, 0.2) is 52.9 Å². The van der Waals surface area contributed by atoms with Gasteiger partial charge in [-0.15, -0.1) is 10.2 Å². The number of halogens is 1. The summed E-state index contributed by atoms with van der Waals surface area (Å²) in [6.45, 7) is 2.77. The molecule has 3 rings (SSSR count). The predicted octanol–water partition coefficient (Wildman–Crippen LogP) is 3.07. The zero-order valence-corrected chi connectivity index (χ0v) is 15.1. The van der Waals surface area contributed by atoms with Gasteiger partial charge in [-0.05, 0) is 31.2 Å². The molecule has 1 aromatic heterocycles. The summed E-state index contributed by atoms with van der Waals surface area (Å²) >= 11 is 6.03. The third kappa shape index (κ3) is 4.07. The van der Waals surface area contributed by atoms with Crippen molar-refractivity contribution in [3.8, 4) is 11.5 Å². The van der Waals surface area contributed by atoms with Gasteiger partial charge in [0.25, 0.3) is 11.6 Å². The third-order valence-corrected chi connectivity index (χ3v) is 4.48. The Bertz CT molecular complexity index is 911. The molecule has 0 spiro atoms. The molecular weight excluding hydrogens is 356 g/mol. The van der Waals surface area contributed by atoms with E-state index in [2.05, 4.69) is 10.2 Å². The Morgan fingerprint density at radius 1 is 1.23 bits per heavy atom. The van der Waals surface area contributed by atoms with Crippen LogP contribution < -0.4 is 4.90 Å². The lowest BCUT2D eigenvalue weighted by Crippen LogP contribution is -3.07. The van der Waals surface area contributed by atoms with E-state index in [0.29, 0.717) is 22.4 Å². The molecule has 134 valence electrons. The average Bonchev–Trinajstić information content (AvgIpc) is 3.11. The minimum atomic E-state index is -0.445. The number of hydrogen-bond donors (Lipinski definition) is 1. The van der Waals surface area contributed by atoms with Crippen molar-refractivity contribution in [2.45, 2.75) is 19.5 Å². The smallest absolute Gasteiger partial charge is 0.274 e. The fraction of sp³-hybridized carbons (Fsp3) is 0.222. The number of nitro groups is 1. The van der Waals surface area contributed by atoms with Gasteiger partial charge in [-0.1, -0.05) is 23.7 Å². The molecule has 0 saturated carbocycles. The molecule has 7 nitrogen and oxygen atoms in total. The molecule has 0 aliphatic rings. The number of aromatic nitrogens is 2. The van der Waals surface area contributed by atoms with Crippen LogP contribution in [-0.2, 0) is 6.54 Å². The van der Waals surface area contributed by atoms with E-state index in [1.807, 2.05) is 38.2 Å². The Hall–Kier alpha value is -2.77. The van der Waals surface area contributed by atoms with Crippen LogP contribution in [0.1, 0.15) is 24.4 Å². The Morgan fingerprint density at radius 2 is 1.96 bits per heavy atom. The highest BCUT2D eigenvalue weighted by Gasteiger charge is 2.23. The quantitative estimate of drug-likeness (QED) is 0.530. The van der Waals surface area contributed by atoms with E-state index >= 15 is 0 Å². The van der Waals surface area contributed by atoms with Gasteiger partial charge in [0.1, 0.15) is 6.54 Å². The van der Waals surface area contributed by atoms with Crippen LogP contribution in [0.5, 0.6) is 0 Å². The molecule has 2 aromatic carbocycles. The van der Waals surface area contributed by atoms with Gasteiger partial charge in [0.2, 0.25) is 5.89 Å². The zero-order valence-electron chi connectivity index (χ0n) is 14.3. The fourth-order valence-electron chi connectivity index (χ4n) is 2.58. The van der Waals surface area contributed by atoms with Crippen LogP contribution in [0.25, 0.3) is 11.5 Å². The number of rotatable bonds is 6. The van der Waals surface area contributed by atoms with Crippen LogP contribution in [-0.4, -0.2) is 22.2 Å². The second-order valence-corrected chi connectivity index (χ2v) is 6.56. The summed E-state index contributed by atoms with van der Waals surface area (Å²) in [6.07, 6.45) is 0. The van der Waals surface area contributed by atoms with Gasteiger partial charge in [0.05, 0.1) is 12.0 Å². The molecule has 3 aromatic rings. The molecule has 0 fully saturated rings. The number of nitro benzene ring substituents is 1. The van der Waals surface area contributed by atoms with E-state index in [9.17, 15) is 10.1 Å². The molecular formula is C18H18ClN4O3+. The minimum Gasteiger partial charge on any atom is -0.415 e. The number of non-ortho nitro benzene ring substituents is 1. The van der Waals surface area contributed by atoms with Crippen LogP contribution in [0, 0.1) is 10.1 Å². The standard InChI is InChI=1S/C18H17ClN4O3/c1-12(22(2)11-13-4-3-5-15(19)10-13)17-20-21-18(26-17)14-6-8-16(9-7-14)23(24)25/h3-10,12H,11H2,1-2H3/p+1/t12-/m1/s1. The molecule has 0 aliphatic carbocycles. The summed E-state index contributed by atoms with van der Waals surface area (Å²) < 4.78 is 5.78. The van der Waals surface area contributed by atoms with Crippen LogP contribution >= 0.6 is 11.6 Å². The lowest BCUT2D eigenvalue weighted by atomic mass is 10.2. The molecule has 0 radical (unpaired) electrons. The lowest BCUT2D eigenvalue weighted by molar-refractivity contribution is -0.925. The van der Waals surface area contributed by atoms with Gasteiger partial charge < -0.3 is 9.32 Å². The van der Waals surface area contributed by atoms with Crippen molar-refractivity contribution >= 4 is 17.3 Å². The van der Waals surface area contributed by atoms with E-state index in [1.54, 1.807) is 12.1 Å². The summed E-state index contributed by atoms with van der Waals surface area (Å²) in [5, 5.41) is 19.6. The maximum atomic E-state index is 10.7. The first-order chi connectivity index (χ1) is 12.4. The largest absolute Gasteiger partial charge is 0.415 e. The summed E-state index contributed by atoms with van der Waals surface area (Å²) in [4.78, 5) is 11.5. The Morgan fingerprint density at radius 3 is 2.62 bits per heavy atom. The van der Waals surface area contributed by atoms with E-state index < -0.39 is 4.92 Å². The van der Waals surface area contributed by atoms with Crippen molar-refractivity contribution in [1.29, 1.82) is 0 Å². The van der Waals surface area contributed by atoms with Gasteiger partial charge in [0, 0.05) is 28.3 Å². The van der Waals surface area contributed by atoms with Crippen molar-refractivity contribution in [1.82, 2.24) is 10.2 Å². The van der Waals surface area contributed by atoms with Crippen molar-refractivity contribution in [3.05, 3.63) is 75.1 Å². The normalized spacial score (nSPS) is 13.3. The topological polar surface area (TPSA) is 86.5 Å². The molecule has 0 amide bonds. The molecule has 0 bridgehead atoms. The van der Waals surface area contributed by atoms with Crippen molar-refractivity contribution in [3.63, 3.8) is 0 Å². The molecule has 26 heavy (non-hydrogen) atoms. The Labute approximate surface area is 155 Å². The summed E-state index contributed by atoms with van der Waals surface area (Å²) in [6, 6.07) is 13.7. The molecule has 2 atom stereocenters. The van der Waals surface area contributed by atoms with E-state index in [-0.39, 0.29) is 11.7 Å². The fourth-order valence-corrected chi connectivity index (χ4v) is 2.80. The van der Waals surface area contributed by atoms with Gasteiger partial charge in [0.15, 0.2) is 6.04 Å². The first kappa shape index (κ1) is 18.0. The molecule has 1 heterocycles. The number of hydrogen-bond acceptors (Lipinski definition) is 5. The van der Waals surface area contributed by atoms with Crippen LogP contribution in [0.4, 0.5) is 5.69 Å². The van der Waals surface area contributed by atoms with Gasteiger partial charge >= 0.3 is 0 Å². The number of nitrogens with zero attached hydrogens (tertiary/aromatic N) is 3. The molecule has 0 aliphatic heterocycles. The van der Waals surface area contributed by atoms with E-state index in [1.165, 1.54) is 17.0 Å². The van der Waals surface area contributed by atoms with Crippen molar-refractivity contribution < 1.29 is 14.2 Å². The summed E-state index contributed by atoms with van der Waals surface area (Å²) in [5.41, 5.74) is 1.79. The SMILES string of the molecule is C[C@H](c1nnc(-c2ccc([N+](=O)[O-])cc2)o1)[NH+](C)Cc1cccc(Cl)c1. The molecule has 1 N–H and O–H groups in total. The van der Waals surface area contributed by atoms with Gasteiger partial charge in [-0.2, -0.15) is 0 Å². The predicted molar refractivity (Wildman–Crippen MR) is 96.8 cm³/mol. The van der Waals surface area contributed by atoms with Crippen molar-refractivity contribution in [2.75, 3.05) is 7.05 Å². The Kier molecular flexibility index (Phi) is 5.29. The lowest BCUT2D eigenvalue weighted by Gasteiger charge is -2.18. The van der Waals surface area contributed by atoms with Gasteiger partial charge in [-0.25, -0.2) is 0 Å². The number of nitrogens with one attached hydrogen (secondary N) is 1. The van der Waals surface area contributed by atoms with E-state index in [4.69, 9.17) is 16.0 Å². The second-order valence-electron chi connectivity index (χ2n) is 6.12. The average molecular weight is 374 g/mol. The first-order valence-electron chi connectivity index (χ1n) is 8.09. The highest BCUT2D eigenvalue weighted by molar-refractivity contribution is 6.30. The number of benzene rings is 2. The first-order valence-corrected chi connectivity index (χ1v) is 8.47. The molecule has 1 unspecified atom stereocenters. The molecule has 0 saturated heterocycles. The summed E-state index contributed by atoms with van der Waals surface area (Å²) in [7, 11) is 2.04. The van der Waals surface area contributed by atoms with Gasteiger partial charge in [-0.3, -0.25) is 10.1 Å². The number of quaternary nitrogens is 1. The highest BCUT2D eigenvalue weighted by Crippen LogP contribution is 2.22. The second kappa shape index (κ2) is 7.63. The monoisotopic (exact) mass is 373 g/mol. The van der Waals surface area contributed by atoms with Crippen LogP contribution in [0.3, 0.4) is 0 Å². The van der Waals surface area contributed by atoms with E-state index in [0.717, 1.165) is 12.1 Å². The maximum absolute atomic E-state index is 10.7. The third-order valence-electron chi connectivity index (χ3n) is 4.25. The maximum Gasteiger partial charge on any atom is 0.274 e. The highest BCUT2D eigenvalue weighted by atomic mass is 35.5. The summed E-state index contributed by atoms with van der Waals surface area (Å²) in [5.74, 6) is 0.857. The van der Waals surface area contributed by atoms with Crippen LogP contribution in [0.2, 0.25) is 5.02 Å². The van der Waals surface area contributed by atoms with Crippen molar-refractivity contribution in [2.24, 2.45) is 0 Å². The Balaban J connectivity index is 1.72. The molecule has 8 heteroatoms. The minimum absolute atomic E-state index is 0.0201. The zero-order chi connectivity index (χ0) is 18.7.